The van der Waals surface area contributed by atoms with Gasteiger partial charge in [0.25, 0.3) is 11.8 Å². The van der Waals surface area contributed by atoms with Gasteiger partial charge in [-0.3, -0.25) is 14.5 Å². The Kier molecular flexibility index (Phi) is 5.75. The second-order valence-electron chi connectivity index (χ2n) is 8.72. The minimum absolute atomic E-state index is 0.000163. The molecule has 5 rings (SSSR count). The molecule has 1 aromatic carbocycles. The van der Waals surface area contributed by atoms with E-state index in [1.165, 1.54) is 23.3 Å². The number of nitrogens with one attached hydrogen (secondary N) is 1. The second kappa shape index (κ2) is 8.46. The fourth-order valence-corrected chi connectivity index (χ4v) is 5.53. The largest absolute Gasteiger partial charge is 0.463 e. The zero-order valence-electron chi connectivity index (χ0n) is 17.8. The summed E-state index contributed by atoms with van der Waals surface area (Å²) in [5.74, 6) is -0.493. The van der Waals surface area contributed by atoms with E-state index in [4.69, 9.17) is 43.8 Å². The summed E-state index contributed by atoms with van der Waals surface area (Å²) in [5.41, 5.74) is 1.75. The van der Waals surface area contributed by atoms with Crippen LogP contribution in [0.15, 0.2) is 41.0 Å². The number of carbonyl (C=O) groups is 2. The molecule has 3 heterocycles. The molecular weight excluding hydrogens is 489 g/mol. The third kappa shape index (κ3) is 3.66. The highest BCUT2D eigenvalue weighted by Gasteiger charge is 2.52. The highest BCUT2D eigenvalue weighted by Crippen LogP contribution is 2.43. The third-order valence-corrected chi connectivity index (χ3v) is 7.55. The predicted octanol–water partition coefficient (Wildman–Crippen LogP) is 5.71. The number of hydrogen-bond donors (Lipinski definition) is 1. The van der Waals surface area contributed by atoms with Crippen LogP contribution in [0.1, 0.15) is 43.1 Å². The molecule has 174 valence electrons. The van der Waals surface area contributed by atoms with Gasteiger partial charge in [-0.25, -0.2) is 0 Å². The highest BCUT2D eigenvalue weighted by atomic mass is 35.5. The molecule has 0 spiro atoms. The topological polar surface area (TPSA) is 76.7 Å². The van der Waals surface area contributed by atoms with Crippen molar-refractivity contribution in [1.29, 1.82) is 0 Å². The molecule has 2 amide bonds. The molecule has 2 aliphatic rings. The fraction of sp³-hybridized carbons (Fsp3) is 0.391. The summed E-state index contributed by atoms with van der Waals surface area (Å²) >= 11 is 19.1. The van der Waals surface area contributed by atoms with Crippen LogP contribution in [0.5, 0.6) is 5.75 Å². The normalized spacial score (nSPS) is 25.2. The maximum Gasteiger partial charge on any atom is 0.277 e. The molecular formula is C23H22Cl3N3O4. The maximum absolute atomic E-state index is 13.8. The van der Waals surface area contributed by atoms with E-state index >= 15 is 0 Å². The molecule has 7 nitrogen and oxygen atoms in total. The summed E-state index contributed by atoms with van der Waals surface area (Å²) in [7, 11) is 0. The number of alkyl halides is 1. The zero-order chi connectivity index (χ0) is 23.3. The number of nitrogens with zero attached hydrogens (tertiary/aromatic N) is 2. The van der Waals surface area contributed by atoms with Crippen molar-refractivity contribution in [3.63, 3.8) is 0 Å². The molecule has 1 aliphatic heterocycles. The summed E-state index contributed by atoms with van der Waals surface area (Å²) < 4.78 is 12.2. The fourth-order valence-electron chi connectivity index (χ4n) is 4.89. The molecule has 0 radical (unpaired) electrons. The summed E-state index contributed by atoms with van der Waals surface area (Å²) in [6, 6.07) is 7.96. The molecule has 10 heteroatoms. The van der Waals surface area contributed by atoms with E-state index in [2.05, 4.69) is 12.2 Å². The lowest BCUT2D eigenvalue weighted by Gasteiger charge is -2.43. The van der Waals surface area contributed by atoms with Gasteiger partial charge in [0, 0.05) is 23.2 Å². The molecule has 1 N–H and O–H groups in total. The molecule has 3 aromatic rings. The SMILES string of the molecule is CC1CCCCC1NC(=O)C1(Cl)Cn2c(cc3occc32)C(=O)N1c1cc(Cl)ccc1OCl. The predicted molar refractivity (Wildman–Crippen MR) is 127 cm³/mol. The summed E-state index contributed by atoms with van der Waals surface area (Å²) in [6.45, 7) is 2.12. The number of aromatic nitrogens is 1. The lowest BCUT2D eigenvalue weighted by molar-refractivity contribution is -0.125. The second-order valence-corrected chi connectivity index (χ2v) is 9.93. The van der Waals surface area contributed by atoms with Crippen LogP contribution >= 0.6 is 35.1 Å². The molecule has 2 aromatic heterocycles. The van der Waals surface area contributed by atoms with Gasteiger partial charge in [0.05, 0.1) is 24.0 Å². The van der Waals surface area contributed by atoms with E-state index < -0.39 is 16.8 Å². The van der Waals surface area contributed by atoms with E-state index in [9.17, 15) is 9.59 Å². The van der Waals surface area contributed by atoms with Crippen LogP contribution in [0.3, 0.4) is 0 Å². The molecule has 33 heavy (non-hydrogen) atoms. The van der Waals surface area contributed by atoms with Crippen LogP contribution in [0.4, 0.5) is 5.69 Å². The quantitative estimate of drug-likeness (QED) is 0.360. The van der Waals surface area contributed by atoms with E-state index in [1.807, 2.05) is 0 Å². The average Bonchev–Trinajstić information content (AvgIpc) is 3.38. The van der Waals surface area contributed by atoms with Crippen molar-refractivity contribution in [2.24, 2.45) is 5.92 Å². The average molecular weight is 511 g/mol. The number of amides is 2. The van der Waals surface area contributed by atoms with E-state index in [1.54, 1.807) is 22.8 Å². The van der Waals surface area contributed by atoms with Gasteiger partial charge in [-0.2, -0.15) is 0 Å². The molecule has 1 aliphatic carbocycles. The van der Waals surface area contributed by atoms with Gasteiger partial charge in [-0.15, -0.1) is 0 Å². The number of anilines is 1. The molecule has 0 saturated heterocycles. The first-order chi connectivity index (χ1) is 15.8. The smallest absolute Gasteiger partial charge is 0.277 e. The van der Waals surface area contributed by atoms with Crippen LogP contribution in [-0.4, -0.2) is 27.4 Å². The Morgan fingerprint density at radius 2 is 2.03 bits per heavy atom. The van der Waals surface area contributed by atoms with Gasteiger partial charge < -0.3 is 18.6 Å². The van der Waals surface area contributed by atoms with Gasteiger partial charge in [0.2, 0.25) is 5.00 Å². The minimum Gasteiger partial charge on any atom is -0.463 e. The number of benzene rings is 1. The Morgan fingerprint density at radius 3 is 2.79 bits per heavy atom. The first kappa shape index (κ1) is 22.4. The van der Waals surface area contributed by atoms with Crippen molar-refractivity contribution in [1.82, 2.24) is 9.88 Å². The van der Waals surface area contributed by atoms with E-state index in [0.29, 0.717) is 27.7 Å². The highest BCUT2D eigenvalue weighted by molar-refractivity contribution is 6.40. The van der Waals surface area contributed by atoms with Crippen LogP contribution in [0.2, 0.25) is 5.02 Å². The van der Waals surface area contributed by atoms with Gasteiger partial charge in [0.1, 0.15) is 17.6 Å². The standard InChI is InChI=1S/C23H22Cl3N3O4/c1-13-4-2-3-5-15(13)27-22(31)23(25)12-28-16-8-9-32-20(16)11-18(28)21(30)29(23)17-10-14(24)6-7-19(17)33-26/h6-11,13,15H,2-5,12H2,1H3,(H,27,31). The van der Waals surface area contributed by atoms with Crippen molar-refractivity contribution in [2.75, 3.05) is 4.90 Å². The van der Waals surface area contributed by atoms with Gasteiger partial charge >= 0.3 is 0 Å². The summed E-state index contributed by atoms with van der Waals surface area (Å²) in [4.78, 5) is 27.0. The Morgan fingerprint density at radius 1 is 1.24 bits per heavy atom. The number of rotatable bonds is 4. The van der Waals surface area contributed by atoms with Gasteiger partial charge in [-0.05, 0) is 37.0 Å². The minimum atomic E-state index is -1.79. The summed E-state index contributed by atoms with van der Waals surface area (Å²) in [5, 5.41) is 3.45. The number of halogens is 3. The van der Waals surface area contributed by atoms with Crippen LogP contribution in [-0.2, 0) is 11.3 Å². The number of furan rings is 1. The molecule has 1 saturated carbocycles. The molecule has 3 unspecified atom stereocenters. The lowest BCUT2D eigenvalue weighted by Crippen LogP contribution is -2.64. The first-order valence-corrected chi connectivity index (χ1v) is 11.9. The van der Waals surface area contributed by atoms with Crippen LogP contribution in [0.25, 0.3) is 11.1 Å². The monoisotopic (exact) mass is 509 g/mol. The first-order valence-electron chi connectivity index (χ1n) is 10.8. The third-order valence-electron chi connectivity index (χ3n) is 6.69. The number of fused-ring (bicyclic) bond motifs is 3. The molecule has 1 fully saturated rings. The van der Waals surface area contributed by atoms with Crippen molar-refractivity contribution in [3.05, 3.63) is 47.3 Å². The van der Waals surface area contributed by atoms with Crippen molar-refractivity contribution in [2.45, 2.75) is 50.2 Å². The Hall–Kier alpha value is -2.35. The maximum atomic E-state index is 13.8. The van der Waals surface area contributed by atoms with Crippen molar-refractivity contribution >= 4 is 63.7 Å². The molecule has 0 bridgehead atoms. The van der Waals surface area contributed by atoms with Crippen molar-refractivity contribution < 1.29 is 18.3 Å². The Bertz CT molecular complexity index is 1240. The Labute approximate surface area is 205 Å². The van der Waals surface area contributed by atoms with Crippen molar-refractivity contribution in [3.8, 4) is 5.75 Å². The number of carbonyl (C=O) groups excluding carboxylic acids is 2. The number of hydrogen-bond acceptors (Lipinski definition) is 4. The summed E-state index contributed by atoms with van der Waals surface area (Å²) in [6.07, 6.45) is 5.59. The van der Waals surface area contributed by atoms with Crippen LogP contribution in [0, 0.1) is 5.92 Å². The van der Waals surface area contributed by atoms with E-state index in [0.717, 1.165) is 25.7 Å². The Balaban J connectivity index is 1.64. The van der Waals surface area contributed by atoms with E-state index in [-0.39, 0.29) is 24.0 Å². The van der Waals surface area contributed by atoms with Gasteiger partial charge in [-0.1, -0.05) is 43.0 Å². The molecule has 3 atom stereocenters. The zero-order valence-corrected chi connectivity index (χ0v) is 20.1. The van der Waals surface area contributed by atoms with Gasteiger partial charge in [0.15, 0.2) is 11.3 Å². The van der Waals surface area contributed by atoms with Crippen LogP contribution < -0.4 is 14.5 Å². The lowest BCUT2D eigenvalue weighted by atomic mass is 9.85.